The molecule has 96 valence electrons. The number of nitrogens with one attached hydrogen (secondary N) is 2. The number of rotatable bonds is 5. The first-order valence-electron chi connectivity index (χ1n) is 6.25. The van der Waals surface area contributed by atoms with Gasteiger partial charge in [0.25, 0.3) is 0 Å². The fourth-order valence-corrected chi connectivity index (χ4v) is 2.91. The Morgan fingerprint density at radius 2 is 1.95 bits per heavy atom. The van der Waals surface area contributed by atoms with Gasteiger partial charge in [-0.25, -0.2) is 4.98 Å². The maximum absolute atomic E-state index is 4.19. The standard InChI is InChI=1S/C15H15N3S/c1-2-4-12(5-3-1)14-7-6-13(19-14)10-16-11-15-17-8-9-18-15/h1-9,16H,10-11H2,(H,17,18). The van der Waals surface area contributed by atoms with E-state index in [1.807, 2.05) is 23.6 Å². The van der Waals surface area contributed by atoms with Crippen LogP contribution in [0.1, 0.15) is 10.7 Å². The van der Waals surface area contributed by atoms with Crippen LogP contribution >= 0.6 is 11.3 Å². The fraction of sp³-hybridized carbons (Fsp3) is 0.133. The first kappa shape index (κ1) is 12.1. The Morgan fingerprint density at radius 3 is 2.74 bits per heavy atom. The number of aromatic amines is 1. The van der Waals surface area contributed by atoms with E-state index in [0.717, 1.165) is 18.9 Å². The lowest BCUT2D eigenvalue weighted by Gasteiger charge is -2.00. The average Bonchev–Trinajstić information content (AvgIpc) is 3.11. The van der Waals surface area contributed by atoms with Crippen molar-refractivity contribution in [3.63, 3.8) is 0 Å². The minimum Gasteiger partial charge on any atom is -0.348 e. The molecule has 2 aromatic heterocycles. The minimum atomic E-state index is 0.769. The van der Waals surface area contributed by atoms with Crippen LogP contribution in [-0.4, -0.2) is 9.97 Å². The number of thiophene rings is 1. The second-order valence-corrected chi connectivity index (χ2v) is 5.44. The molecule has 0 aliphatic heterocycles. The topological polar surface area (TPSA) is 40.7 Å². The molecule has 0 amide bonds. The predicted molar refractivity (Wildman–Crippen MR) is 78.9 cm³/mol. The van der Waals surface area contributed by atoms with Gasteiger partial charge in [0.1, 0.15) is 5.82 Å². The highest BCUT2D eigenvalue weighted by Gasteiger charge is 2.02. The molecule has 0 aliphatic rings. The molecule has 2 heterocycles. The molecule has 0 atom stereocenters. The van der Waals surface area contributed by atoms with Gasteiger partial charge in [-0.1, -0.05) is 30.3 Å². The van der Waals surface area contributed by atoms with E-state index in [-0.39, 0.29) is 0 Å². The summed E-state index contributed by atoms with van der Waals surface area (Å²) >= 11 is 1.83. The molecule has 3 nitrogen and oxygen atoms in total. The Labute approximate surface area is 116 Å². The van der Waals surface area contributed by atoms with Crippen molar-refractivity contribution >= 4 is 11.3 Å². The van der Waals surface area contributed by atoms with E-state index < -0.39 is 0 Å². The van der Waals surface area contributed by atoms with E-state index in [1.54, 1.807) is 6.20 Å². The van der Waals surface area contributed by atoms with Crippen molar-refractivity contribution in [3.05, 3.63) is 65.6 Å². The van der Waals surface area contributed by atoms with Gasteiger partial charge in [0.05, 0.1) is 6.54 Å². The highest BCUT2D eigenvalue weighted by atomic mass is 32.1. The van der Waals surface area contributed by atoms with Crippen LogP contribution in [0.3, 0.4) is 0 Å². The molecule has 0 unspecified atom stereocenters. The van der Waals surface area contributed by atoms with Crippen LogP contribution in [0.15, 0.2) is 54.9 Å². The first-order chi connectivity index (χ1) is 9.42. The summed E-state index contributed by atoms with van der Waals surface area (Å²) in [5, 5.41) is 3.39. The Morgan fingerprint density at radius 1 is 1.05 bits per heavy atom. The molecule has 3 aromatic rings. The fourth-order valence-electron chi connectivity index (χ4n) is 1.93. The molecule has 0 bridgehead atoms. The third kappa shape index (κ3) is 3.10. The Bertz CT molecular complexity index is 614. The maximum atomic E-state index is 4.19. The summed E-state index contributed by atoms with van der Waals surface area (Å²) in [6, 6.07) is 14.8. The zero-order valence-corrected chi connectivity index (χ0v) is 11.3. The van der Waals surface area contributed by atoms with Gasteiger partial charge in [-0.05, 0) is 17.7 Å². The third-order valence-electron chi connectivity index (χ3n) is 2.87. The molecule has 0 aliphatic carbocycles. The highest BCUT2D eigenvalue weighted by molar-refractivity contribution is 7.15. The van der Waals surface area contributed by atoms with Crippen molar-refractivity contribution in [3.8, 4) is 10.4 Å². The minimum absolute atomic E-state index is 0.769. The lowest BCUT2D eigenvalue weighted by molar-refractivity contribution is 0.675. The Kier molecular flexibility index (Phi) is 3.72. The summed E-state index contributed by atoms with van der Waals surface area (Å²) in [6.45, 7) is 1.64. The van der Waals surface area contributed by atoms with E-state index >= 15 is 0 Å². The van der Waals surface area contributed by atoms with E-state index in [4.69, 9.17) is 0 Å². The van der Waals surface area contributed by atoms with Crippen LogP contribution in [0.2, 0.25) is 0 Å². The molecule has 0 saturated heterocycles. The number of hydrogen-bond donors (Lipinski definition) is 2. The SMILES string of the molecule is c1ccc(-c2ccc(CNCc3ncc[nH]3)s2)cc1. The van der Waals surface area contributed by atoms with Crippen molar-refractivity contribution in [2.75, 3.05) is 0 Å². The van der Waals surface area contributed by atoms with E-state index in [0.29, 0.717) is 0 Å². The van der Waals surface area contributed by atoms with E-state index in [1.165, 1.54) is 15.3 Å². The zero-order valence-electron chi connectivity index (χ0n) is 10.5. The Hall–Kier alpha value is -1.91. The smallest absolute Gasteiger partial charge is 0.120 e. The van der Waals surface area contributed by atoms with Gasteiger partial charge in [0.15, 0.2) is 0 Å². The Balaban J connectivity index is 1.59. The largest absolute Gasteiger partial charge is 0.348 e. The lowest BCUT2D eigenvalue weighted by atomic mass is 10.2. The van der Waals surface area contributed by atoms with Gasteiger partial charge in [0, 0.05) is 28.7 Å². The summed E-state index contributed by atoms with van der Waals surface area (Å²) < 4.78 is 0. The summed E-state index contributed by atoms with van der Waals surface area (Å²) in [4.78, 5) is 9.92. The number of nitrogens with zero attached hydrogens (tertiary/aromatic N) is 1. The molecule has 0 spiro atoms. The quantitative estimate of drug-likeness (QED) is 0.745. The molecule has 1 aromatic carbocycles. The molecule has 19 heavy (non-hydrogen) atoms. The van der Waals surface area contributed by atoms with Crippen molar-refractivity contribution in [1.82, 2.24) is 15.3 Å². The molecule has 0 radical (unpaired) electrons. The molecule has 0 fully saturated rings. The summed E-state index contributed by atoms with van der Waals surface area (Å²) in [5.74, 6) is 0.972. The van der Waals surface area contributed by atoms with Crippen molar-refractivity contribution < 1.29 is 0 Å². The number of aromatic nitrogens is 2. The van der Waals surface area contributed by atoms with Crippen LogP contribution in [0, 0.1) is 0 Å². The monoisotopic (exact) mass is 269 g/mol. The second-order valence-electron chi connectivity index (χ2n) is 4.27. The van der Waals surface area contributed by atoms with Gasteiger partial charge in [-0.3, -0.25) is 0 Å². The molecule has 2 N–H and O–H groups in total. The van der Waals surface area contributed by atoms with Crippen molar-refractivity contribution in [2.24, 2.45) is 0 Å². The van der Waals surface area contributed by atoms with Crippen molar-refractivity contribution in [2.45, 2.75) is 13.1 Å². The third-order valence-corrected chi connectivity index (χ3v) is 4.00. The molecule has 4 heteroatoms. The van der Waals surface area contributed by atoms with E-state index in [9.17, 15) is 0 Å². The van der Waals surface area contributed by atoms with E-state index in [2.05, 4.69) is 51.7 Å². The predicted octanol–water partition coefficient (Wildman–Crippen LogP) is 3.43. The second kappa shape index (κ2) is 5.82. The van der Waals surface area contributed by atoms with Gasteiger partial charge in [-0.15, -0.1) is 11.3 Å². The highest BCUT2D eigenvalue weighted by Crippen LogP contribution is 2.27. The van der Waals surface area contributed by atoms with Crippen LogP contribution in [0.25, 0.3) is 10.4 Å². The molecule has 3 rings (SSSR count). The molecular formula is C15H15N3S. The molecular weight excluding hydrogens is 254 g/mol. The maximum Gasteiger partial charge on any atom is 0.120 e. The first-order valence-corrected chi connectivity index (χ1v) is 7.06. The number of imidazole rings is 1. The van der Waals surface area contributed by atoms with Gasteiger partial charge < -0.3 is 10.3 Å². The number of hydrogen-bond acceptors (Lipinski definition) is 3. The van der Waals surface area contributed by atoms with Crippen LogP contribution in [0.5, 0.6) is 0 Å². The summed E-state index contributed by atoms with van der Waals surface area (Å²) in [6.07, 6.45) is 3.62. The normalized spacial score (nSPS) is 10.7. The summed E-state index contributed by atoms with van der Waals surface area (Å²) in [7, 11) is 0. The van der Waals surface area contributed by atoms with Gasteiger partial charge >= 0.3 is 0 Å². The van der Waals surface area contributed by atoms with Gasteiger partial charge in [-0.2, -0.15) is 0 Å². The number of benzene rings is 1. The van der Waals surface area contributed by atoms with Crippen LogP contribution in [-0.2, 0) is 13.1 Å². The molecule has 0 saturated carbocycles. The summed E-state index contributed by atoms with van der Waals surface area (Å²) in [5.41, 5.74) is 1.28. The van der Waals surface area contributed by atoms with Crippen LogP contribution in [0.4, 0.5) is 0 Å². The number of H-pyrrole nitrogens is 1. The van der Waals surface area contributed by atoms with Crippen molar-refractivity contribution in [1.29, 1.82) is 0 Å². The lowest BCUT2D eigenvalue weighted by Crippen LogP contribution is -2.12. The van der Waals surface area contributed by atoms with Crippen LogP contribution < -0.4 is 5.32 Å². The van der Waals surface area contributed by atoms with Gasteiger partial charge in [0.2, 0.25) is 0 Å². The zero-order chi connectivity index (χ0) is 12.9. The average molecular weight is 269 g/mol.